The van der Waals surface area contributed by atoms with Crippen LogP contribution >= 0.6 is 22.7 Å². The highest BCUT2D eigenvalue weighted by Crippen LogP contribution is 2.52. The average Bonchev–Trinajstić information content (AvgIpc) is 1.52. The molecule has 0 saturated carbocycles. The lowest BCUT2D eigenvalue weighted by molar-refractivity contribution is 1.02. The molecule has 10 aromatic heterocycles. The van der Waals surface area contributed by atoms with Gasteiger partial charge in [0.25, 0.3) is 0 Å². The van der Waals surface area contributed by atoms with E-state index in [1.54, 1.807) is 22.7 Å². The van der Waals surface area contributed by atoms with Crippen LogP contribution in [0.5, 0.6) is 0 Å². The molecule has 0 aliphatic carbocycles. The Bertz CT molecular complexity index is 8130. The van der Waals surface area contributed by atoms with Crippen molar-refractivity contribution in [2.24, 2.45) is 0 Å². The molecule has 0 N–H and O–H groups in total. The number of aromatic nitrogens is 8. The molecule has 0 radical (unpaired) electrons. The standard InChI is InChI=1S/C96H52N8S2/c1-2-18-53(19-3-1)60-45-47-78-72(49-60)84-80(52-70-64-23-7-13-29-74(64)102-76-31-15-9-25-66(76)86(84)91(70)102)104(78)96-98-87(92-88(99-96)67-26-10-16-32-81(67)105-92)58-41-38-56(39-42-58)55-34-36-57(37-35-55)61-44-46-77-71(50-61)83-79(51-69-63-22-6-12-28-73(63)101-75-30-14-8-24-65(75)85(83)90(69)101)103(77)95-93-89(68-27-11-17-33-82(68)106-93)97-94(100-95)62-43-40-54-20-4-5-21-59(54)48-62/h1-52H. The normalized spacial score (nSPS) is 12.5. The second-order valence-corrected chi connectivity index (χ2v) is 30.4. The van der Waals surface area contributed by atoms with Gasteiger partial charge < -0.3 is 8.80 Å². The van der Waals surface area contributed by atoms with Gasteiger partial charge >= 0.3 is 0 Å². The molecule has 0 atom stereocenters. The second-order valence-electron chi connectivity index (χ2n) is 28.3. The van der Waals surface area contributed by atoms with Crippen molar-refractivity contribution in [3.8, 4) is 67.8 Å². The Morgan fingerprint density at radius 3 is 1.26 bits per heavy atom. The van der Waals surface area contributed by atoms with E-state index in [2.05, 4.69) is 333 Å². The van der Waals surface area contributed by atoms with Crippen LogP contribution in [0.2, 0.25) is 0 Å². The number of para-hydroxylation sites is 4. The maximum atomic E-state index is 5.79. The van der Waals surface area contributed by atoms with Gasteiger partial charge in [-0.15, -0.1) is 22.7 Å². The summed E-state index contributed by atoms with van der Waals surface area (Å²) in [7, 11) is 0. The molecule has 488 valence electrons. The second kappa shape index (κ2) is 21.0. The van der Waals surface area contributed by atoms with Gasteiger partial charge in [-0.3, -0.25) is 9.13 Å². The monoisotopic (exact) mass is 1380 g/mol. The van der Waals surface area contributed by atoms with Gasteiger partial charge in [-0.1, -0.05) is 237 Å². The summed E-state index contributed by atoms with van der Waals surface area (Å²) in [4.78, 5) is 22.7. The van der Waals surface area contributed by atoms with E-state index in [0.29, 0.717) is 11.8 Å². The van der Waals surface area contributed by atoms with Crippen molar-refractivity contribution in [2.45, 2.75) is 0 Å². The lowest BCUT2D eigenvalue weighted by Gasteiger charge is -2.12. The Morgan fingerprint density at radius 2 is 0.670 bits per heavy atom. The van der Waals surface area contributed by atoms with Gasteiger partial charge in [0, 0.05) is 95.9 Å². The molecule has 0 unspecified atom stereocenters. The number of nitrogens with zero attached hydrogens (tertiary/aromatic N) is 8. The molecule has 8 nitrogen and oxygen atoms in total. The van der Waals surface area contributed by atoms with Crippen LogP contribution in [0, 0.1) is 0 Å². The maximum Gasteiger partial charge on any atom is 0.235 e. The molecule has 0 aliphatic heterocycles. The lowest BCUT2D eigenvalue weighted by Crippen LogP contribution is -2.02. The summed E-state index contributed by atoms with van der Waals surface area (Å²) in [5, 5.41) is 19.2. The fourth-order valence-electron chi connectivity index (χ4n) is 18.2. The van der Waals surface area contributed by atoms with Crippen LogP contribution in [0.15, 0.2) is 315 Å². The molecule has 0 amide bonds. The van der Waals surface area contributed by atoms with Gasteiger partial charge in [0.1, 0.15) is 0 Å². The smallest absolute Gasteiger partial charge is 0.235 e. The predicted octanol–water partition coefficient (Wildman–Crippen LogP) is 26.0. The summed E-state index contributed by atoms with van der Waals surface area (Å²) >= 11 is 3.54. The van der Waals surface area contributed by atoms with E-state index in [1.165, 1.54) is 113 Å². The zero-order valence-corrected chi connectivity index (χ0v) is 58.0. The van der Waals surface area contributed by atoms with Crippen molar-refractivity contribution in [1.29, 1.82) is 0 Å². The van der Waals surface area contributed by atoms with Crippen LogP contribution in [-0.2, 0) is 0 Å². The van der Waals surface area contributed by atoms with Crippen molar-refractivity contribution in [3.05, 3.63) is 315 Å². The molecule has 106 heavy (non-hydrogen) atoms. The van der Waals surface area contributed by atoms with E-state index in [1.807, 2.05) is 0 Å². The van der Waals surface area contributed by atoms with Crippen molar-refractivity contribution in [3.63, 3.8) is 0 Å². The number of hydrogen-bond acceptors (Lipinski definition) is 6. The Hall–Kier alpha value is -13.6. The topological polar surface area (TPSA) is 70.2 Å². The number of hydrogen-bond donors (Lipinski definition) is 0. The van der Waals surface area contributed by atoms with Crippen LogP contribution < -0.4 is 0 Å². The van der Waals surface area contributed by atoms with E-state index < -0.39 is 0 Å². The minimum absolute atomic E-state index is 0.640. The molecular formula is C96H52N8S2. The first-order valence-corrected chi connectivity index (χ1v) is 37.6. The SMILES string of the molecule is c1ccc(-c2ccc3c(c2)c2c4c5ccccc5n5c6ccccc6c(cc2n3-c2nc(-c3ccc(-c6ccc(-c7ccc8c(c7)c7c9c%10ccccc%10n%10c%11ccccc%11c(cc7n8-c7nc(-c8ccc%11ccccc%11c8)nc8c7sc7ccccc78)c9%10)cc6)cc3)c3sc6ccccc6c3n2)c45)cc1. The summed E-state index contributed by atoms with van der Waals surface area (Å²) in [6, 6.07) is 116. The zero-order chi connectivity index (χ0) is 68.7. The van der Waals surface area contributed by atoms with E-state index >= 15 is 0 Å². The van der Waals surface area contributed by atoms with Crippen LogP contribution in [0.25, 0.3) is 239 Å². The Labute approximate surface area is 610 Å². The molecule has 10 heteroatoms. The van der Waals surface area contributed by atoms with E-state index in [9.17, 15) is 0 Å². The Kier molecular flexibility index (Phi) is 11.3. The average molecular weight is 1380 g/mol. The lowest BCUT2D eigenvalue weighted by atomic mass is 9.97. The third-order valence-electron chi connectivity index (χ3n) is 22.8. The molecule has 0 spiro atoms. The third kappa shape index (κ3) is 7.69. The maximum absolute atomic E-state index is 5.79. The van der Waals surface area contributed by atoms with Gasteiger partial charge in [0.05, 0.1) is 81.3 Å². The van der Waals surface area contributed by atoms with Crippen molar-refractivity contribution < 1.29 is 0 Å². The molecule has 0 fully saturated rings. The number of fused-ring (bicyclic) bond motifs is 27. The minimum atomic E-state index is 0.640. The molecule has 0 bridgehead atoms. The summed E-state index contributed by atoms with van der Waals surface area (Å²) in [5.74, 6) is 2.21. The van der Waals surface area contributed by atoms with Gasteiger partial charge in [0.2, 0.25) is 5.95 Å². The first kappa shape index (κ1) is 56.9. The van der Waals surface area contributed by atoms with Crippen molar-refractivity contribution >= 4 is 194 Å². The van der Waals surface area contributed by atoms with Gasteiger partial charge in [-0.2, -0.15) is 0 Å². The Balaban J connectivity index is 0.652. The summed E-state index contributed by atoms with van der Waals surface area (Å²) in [5.41, 5.74) is 23.3. The van der Waals surface area contributed by atoms with Crippen molar-refractivity contribution in [2.75, 3.05) is 0 Å². The number of rotatable bonds is 7. The number of benzene rings is 15. The first-order chi connectivity index (χ1) is 52.6. The van der Waals surface area contributed by atoms with E-state index in [4.69, 9.17) is 19.9 Å². The molecule has 0 saturated heterocycles. The largest absolute Gasteiger partial charge is 0.308 e. The fraction of sp³-hybridized carbons (Fsp3) is 0. The highest BCUT2D eigenvalue weighted by atomic mass is 32.1. The van der Waals surface area contributed by atoms with E-state index in [-0.39, 0.29) is 0 Å². The predicted molar refractivity (Wildman–Crippen MR) is 446 cm³/mol. The molecule has 25 rings (SSSR count). The van der Waals surface area contributed by atoms with Crippen LogP contribution in [0.3, 0.4) is 0 Å². The fourth-order valence-corrected chi connectivity index (χ4v) is 20.5. The molecule has 0 aliphatic rings. The quantitative estimate of drug-likeness (QED) is 0.159. The van der Waals surface area contributed by atoms with Gasteiger partial charge in [0.15, 0.2) is 11.6 Å². The summed E-state index contributed by atoms with van der Waals surface area (Å²) in [6.07, 6.45) is 0. The van der Waals surface area contributed by atoms with Crippen molar-refractivity contribution in [1.82, 2.24) is 37.9 Å². The van der Waals surface area contributed by atoms with E-state index in [0.717, 1.165) is 115 Å². The van der Waals surface area contributed by atoms with Crippen LogP contribution in [0.1, 0.15) is 0 Å². The minimum Gasteiger partial charge on any atom is -0.308 e. The molecule has 15 aromatic carbocycles. The van der Waals surface area contributed by atoms with Crippen LogP contribution in [0.4, 0.5) is 0 Å². The summed E-state index contributed by atoms with van der Waals surface area (Å²) < 4.78 is 14.3. The number of thiophene rings is 2. The first-order valence-electron chi connectivity index (χ1n) is 36.0. The van der Waals surface area contributed by atoms with Crippen LogP contribution in [-0.4, -0.2) is 37.9 Å². The summed E-state index contributed by atoms with van der Waals surface area (Å²) in [6.45, 7) is 0. The molecular weight excluding hydrogens is 1330 g/mol. The molecule has 25 aromatic rings. The highest BCUT2D eigenvalue weighted by Gasteiger charge is 2.30. The van der Waals surface area contributed by atoms with Gasteiger partial charge in [-0.05, 0) is 123 Å². The molecule has 10 heterocycles. The zero-order valence-electron chi connectivity index (χ0n) is 56.4. The Morgan fingerprint density at radius 1 is 0.236 bits per heavy atom. The third-order valence-corrected chi connectivity index (χ3v) is 25.2. The highest BCUT2D eigenvalue weighted by molar-refractivity contribution is 7.26. The van der Waals surface area contributed by atoms with Gasteiger partial charge in [-0.25, -0.2) is 19.9 Å².